The summed E-state index contributed by atoms with van der Waals surface area (Å²) in [6.45, 7) is 5.58. The maximum Gasteiger partial charge on any atom is 0.241 e. The molecule has 1 N–H and O–H groups in total. The first-order chi connectivity index (χ1) is 14.0. The number of nitrogens with one attached hydrogen (secondary N) is 1. The van der Waals surface area contributed by atoms with E-state index < -0.39 is 5.92 Å². The summed E-state index contributed by atoms with van der Waals surface area (Å²) in [6, 6.07) is 0. The van der Waals surface area contributed by atoms with E-state index in [0.717, 1.165) is 19.4 Å². The smallest absolute Gasteiger partial charge is 0.241 e. The Morgan fingerprint density at radius 1 is 1.34 bits per heavy atom. The van der Waals surface area contributed by atoms with E-state index in [1.54, 1.807) is 12.2 Å². The summed E-state index contributed by atoms with van der Waals surface area (Å²) < 4.78 is 10.7. The first-order valence-electron chi connectivity index (χ1n) is 10.4. The predicted molar refractivity (Wildman–Crippen MR) is 114 cm³/mol. The number of amides is 2. The molecule has 2 unspecified atom stereocenters. The van der Waals surface area contributed by atoms with Gasteiger partial charge in [0.25, 0.3) is 0 Å². The Balaban J connectivity index is 1.48. The highest BCUT2D eigenvalue weighted by Crippen LogP contribution is 2.31. The molecule has 1 fully saturated rings. The Kier molecular flexibility index (Phi) is 7.41. The number of fused-ring (bicyclic) bond motifs is 2. The van der Waals surface area contributed by atoms with Crippen LogP contribution in [0.25, 0.3) is 0 Å². The lowest BCUT2D eigenvalue weighted by Gasteiger charge is -2.30. The molecular weight excluding hydrogens is 390 g/mol. The molecule has 2 atom stereocenters. The fraction of sp³-hybridized carbons (Fsp3) is 0.619. The van der Waals surface area contributed by atoms with Crippen molar-refractivity contribution in [3.8, 4) is 0 Å². The number of unbranched alkanes of at least 4 members (excludes halogenated alkanes) is 1. The zero-order valence-corrected chi connectivity index (χ0v) is 17.9. The summed E-state index contributed by atoms with van der Waals surface area (Å²) in [5.41, 5.74) is 0.580. The van der Waals surface area contributed by atoms with Crippen LogP contribution < -0.4 is 5.32 Å². The van der Waals surface area contributed by atoms with Crippen molar-refractivity contribution in [1.82, 2.24) is 10.2 Å². The van der Waals surface area contributed by atoms with Crippen LogP contribution in [-0.4, -0.2) is 47.4 Å². The lowest BCUT2D eigenvalue weighted by molar-refractivity contribution is -0.129. The Morgan fingerprint density at radius 2 is 2.14 bits per heavy atom. The van der Waals surface area contributed by atoms with Crippen LogP contribution in [0.3, 0.4) is 0 Å². The molecule has 3 rings (SSSR count). The van der Waals surface area contributed by atoms with Crippen molar-refractivity contribution in [1.29, 1.82) is 0 Å². The minimum Gasteiger partial charge on any atom is -0.454 e. The lowest BCUT2D eigenvalue weighted by Crippen LogP contribution is -2.46. The van der Waals surface area contributed by atoms with Crippen molar-refractivity contribution >= 4 is 34.9 Å². The highest BCUT2D eigenvalue weighted by Gasteiger charge is 2.38. The third-order valence-corrected chi connectivity index (χ3v) is 5.80. The molecule has 1 saturated heterocycles. The maximum atomic E-state index is 12.9. The summed E-state index contributed by atoms with van der Waals surface area (Å²) in [5, 5.41) is 3.26. The molecule has 0 aromatic rings. The van der Waals surface area contributed by atoms with Gasteiger partial charge in [-0.05, 0) is 37.1 Å². The van der Waals surface area contributed by atoms with Crippen LogP contribution in [0.4, 0.5) is 0 Å². The Labute approximate surface area is 177 Å². The number of carbonyl (C=O) groups excluding carboxylic acids is 2. The third-order valence-electron chi connectivity index (χ3n) is 5.49. The molecule has 2 heterocycles. The molecule has 158 valence electrons. The number of allylic oxidation sites excluding steroid dienone is 1. The van der Waals surface area contributed by atoms with E-state index in [1.165, 1.54) is 17.7 Å². The van der Waals surface area contributed by atoms with Gasteiger partial charge in [-0.2, -0.15) is 0 Å². The van der Waals surface area contributed by atoms with Crippen LogP contribution in [0.1, 0.15) is 52.4 Å². The number of nitrogens with zero attached hydrogens (tertiary/aromatic N) is 2. The summed E-state index contributed by atoms with van der Waals surface area (Å²) in [4.78, 5) is 30.9. The quantitative estimate of drug-likeness (QED) is 0.551. The first-order valence-corrected chi connectivity index (χ1v) is 10.8. The van der Waals surface area contributed by atoms with Crippen LogP contribution >= 0.6 is 12.2 Å². The predicted octanol–water partition coefficient (Wildman–Crippen LogP) is 3.07. The summed E-state index contributed by atoms with van der Waals surface area (Å²) in [5.74, 6) is 1.06. The Bertz CT molecular complexity index is 759. The summed E-state index contributed by atoms with van der Waals surface area (Å²) in [7, 11) is 0. The number of ether oxygens (including phenoxy) is 2. The standard InChI is InChI=1S/C21H29N3O4S/c1-3-5-7-14(4-2)12-22-19(25)8-6-9-24-20(26)15-10-17-18(28-13-27-17)11-16(15)23-21(24)29/h10-11,14-15H,3-9,12-13H2,1-2H3,(H,22,25). The van der Waals surface area contributed by atoms with Gasteiger partial charge in [0, 0.05) is 25.6 Å². The van der Waals surface area contributed by atoms with E-state index in [1.807, 2.05) is 0 Å². The zero-order valence-electron chi connectivity index (χ0n) is 17.1. The highest BCUT2D eigenvalue weighted by molar-refractivity contribution is 7.80. The van der Waals surface area contributed by atoms with Crippen molar-refractivity contribution in [2.45, 2.75) is 52.4 Å². The van der Waals surface area contributed by atoms with E-state index in [4.69, 9.17) is 21.7 Å². The molecule has 2 amide bonds. The number of hydrogen-bond donors (Lipinski definition) is 1. The molecule has 2 aliphatic heterocycles. The average Bonchev–Trinajstić information content (AvgIpc) is 3.16. The van der Waals surface area contributed by atoms with Gasteiger partial charge in [-0.25, -0.2) is 4.99 Å². The molecule has 0 aromatic carbocycles. The van der Waals surface area contributed by atoms with Crippen molar-refractivity contribution in [2.75, 3.05) is 19.9 Å². The topological polar surface area (TPSA) is 80.2 Å². The van der Waals surface area contributed by atoms with Gasteiger partial charge in [0.1, 0.15) is 5.92 Å². The fourth-order valence-corrected chi connectivity index (χ4v) is 3.92. The molecule has 0 saturated carbocycles. The van der Waals surface area contributed by atoms with Gasteiger partial charge in [-0.1, -0.05) is 33.1 Å². The minimum absolute atomic E-state index is 0.0170. The SMILES string of the molecule is CCCCC(CC)CNC(=O)CCCN1C(=O)C2C=C3OCOC3=CC2=NC1=S. The van der Waals surface area contributed by atoms with Crippen LogP contribution in [0.5, 0.6) is 0 Å². The van der Waals surface area contributed by atoms with Gasteiger partial charge in [0.15, 0.2) is 11.5 Å². The lowest BCUT2D eigenvalue weighted by atomic mass is 9.94. The summed E-state index contributed by atoms with van der Waals surface area (Å²) in [6.07, 6.45) is 8.92. The van der Waals surface area contributed by atoms with Crippen molar-refractivity contribution < 1.29 is 19.1 Å². The molecule has 0 bridgehead atoms. The van der Waals surface area contributed by atoms with E-state index in [-0.39, 0.29) is 23.7 Å². The van der Waals surface area contributed by atoms with E-state index in [9.17, 15) is 9.59 Å². The van der Waals surface area contributed by atoms with Gasteiger partial charge in [0.2, 0.25) is 23.7 Å². The number of hydrogen-bond acceptors (Lipinski definition) is 5. The van der Waals surface area contributed by atoms with E-state index in [2.05, 4.69) is 24.2 Å². The van der Waals surface area contributed by atoms with Crippen molar-refractivity contribution in [3.63, 3.8) is 0 Å². The van der Waals surface area contributed by atoms with Crippen molar-refractivity contribution in [3.05, 3.63) is 23.7 Å². The maximum absolute atomic E-state index is 12.9. The third kappa shape index (κ3) is 5.23. The van der Waals surface area contributed by atoms with Crippen LogP contribution in [0.2, 0.25) is 0 Å². The highest BCUT2D eigenvalue weighted by atomic mass is 32.1. The Hall–Kier alpha value is -2.22. The van der Waals surface area contributed by atoms with E-state index >= 15 is 0 Å². The second-order valence-electron chi connectivity index (χ2n) is 7.56. The van der Waals surface area contributed by atoms with Crippen LogP contribution in [0, 0.1) is 11.8 Å². The minimum atomic E-state index is -0.514. The van der Waals surface area contributed by atoms with Gasteiger partial charge in [-0.15, -0.1) is 0 Å². The second-order valence-corrected chi connectivity index (χ2v) is 7.92. The first kappa shape index (κ1) is 21.5. The largest absolute Gasteiger partial charge is 0.454 e. The average molecular weight is 420 g/mol. The molecule has 1 aliphatic carbocycles. The molecule has 0 radical (unpaired) electrons. The molecular formula is C21H29N3O4S. The summed E-state index contributed by atoms with van der Waals surface area (Å²) >= 11 is 5.31. The van der Waals surface area contributed by atoms with Crippen LogP contribution in [0.15, 0.2) is 28.7 Å². The molecule has 29 heavy (non-hydrogen) atoms. The number of carbonyl (C=O) groups is 2. The van der Waals surface area contributed by atoms with Gasteiger partial charge >= 0.3 is 0 Å². The fourth-order valence-electron chi connectivity index (χ4n) is 3.63. The zero-order chi connectivity index (χ0) is 20.8. The molecule has 3 aliphatic rings. The number of rotatable bonds is 10. The van der Waals surface area contributed by atoms with Gasteiger partial charge in [0.05, 0.1) is 5.71 Å². The normalized spacial score (nSPS) is 21.2. The molecule has 0 aromatic heterocycles. The Morgan fingerprint density at radius 3 is 2.90 bits per heavy atom. The van der Waals surface area contributed by atoms with Crippen LogP contribution in [-0.2, 0) is 19.1 Å². The second kappa shape index (κ2) is 10.0. The van der Waals surface area contributed by atoms with Gasteiger partial charge < -0.3 is 14.8 Å². The molecule has 7 nitrogen and oxygen atoms in total. The number of aliphatic imine (C=N–C) groups is 1. The number of thiocarbonyl (C=S) groups is 1. The molecule has 0 spiro atoms. The van der Waals surface area contributed by atoms with Crippen molar-refractivity contribution in [2.24, 2.45) is 16.8 Å². The van der Waals surface area contributed by atoms with E-state index in [0.29, 0.717) is 42.5 Å². The molecule has 8 heteroatoms. The monoisotopic (exact) mass is 419 g/mol. The van der Waals surface area contributed by atoms with Gasteiger partial charge in [-0.3, -0.25) is 14.5 Å².